The molecule has 168 valence electrons. The van der Waals surface area contributed by atoms with Crippen LogP contribution in [0.5, 0.6) is 12.0 Å². The smallest absolute Gasteiger partial charge is 0.320 e. The lowest BCUT2D eigenvalue weighted by molar-refractivity contribution is 0.174. The molecular weight excluding hydrogens is 380 g/mol. The predicted octanol–water partition coefficient (Wildman–Crippen LogP) is 3.89. The van der Waals surface area contributed by atoms with E-state index in [1.165, 1.54) is 51.7 Å². The van der Waals surface area contributed by atoms with Crippen LogP contribution in [-0.4, -0.2) is 57.8 Å². The first-order valence-electron chi connectivity index (χ1n) is 11.6. The van der Waals surface area contributed by atoms with Gasteiger partial charge in [-0.2, -0.15) is 15.0 Å². The number of likely N-dealkylation sites (tertiary alicyclic amines) is 1. The summed E-state index contributed by atoms with van der Waals surface area (Å²) < 4.78 is 13.2. The third-order valence-corrected chi connectivity index (χ3v) is 6.02. The number of hydrogen-bond acceptors (Lipinski definition) is 7. The van der Waals surface area contributed by atoms with E-state index in [0.717, 1.165) is 31.7 Å². The van der Waals surface area contributed by atoms with E-state index in [2.05, 4.69) is 33.7 Å². The van der Waals surface area contributed by atoms with Crippen molar-refractivity contribution in [1.29, 1.82) is 0 Å². The molecule has 0 spiro atoms. The lowest BCUT2D eigenvalue weighted by atomic mass is 9.92. The standard InChI is InChI=1S/C22H38N6O2/c1-4-6-15-30-21-25-19(23)18-20(26-21)28(22(24-18)29-3)14-9-7-8-11-17-12-10-13-27(5-2)16-17/h17H,4-16H2,1-3H3,(H2,23,25,26). The fourth-order valence-electron chi connectivity index (χ4n) is 4.26. The van der Waals surface area contributed by atoms with Gasteiger partial charge in [-0.25, -0.2) is 0 Å². The van der Waals surface area contributed by atoms with E-state index < -0.39 is 0 Å². The molecule has 1 aliphatic rings. The molecule has 1 saturated heterocycles. The maximum atomic E-state index is 6.11. The van der Waals surface area contributed by atoms with Gasteiger partial charge in [0.1, 0.15) is 0 Å². The van der Waals surface area contributed by atoms with Crippen molar-refractivity contribution in [3.05, 3.63) is 0 Å². The van der Waals surface area contributed by atoms with Crippen molar-refractivity contribution < 1.29 is 9.47 Å². The van der Waals surface area contributed by atoms with Crippen LogP contribution in [0.2, 0.25) is 0 Å². The number of ether oxygens (including phenoxy) is 2. The number of aromatic nitrogens is 4. The zero-order valence-electron chi connectivity index (χ0n) is 18.9. The third kappa shape index (κ3) is 5.74. The Morgan fingerprint density at radius 3 is 2.73 bits per heavy atom. The summed E-state index contributed by atoms with van der Waals surface area (Å²) in [5.74, 6) is 1.19. The Hall–Kier alpha value is -2.09. The van der Waals surface area contributed by atoms with Gasteiger partial charge < -0.3 is 20.1 Å². The molecule has 3 heterocycles. The molecule has 30 heavy (non-hydrogen) atoms. The average molecular weight is 419 g/mol. The highest BCUT2D eigenvalue weighted by atomic mass is 16.5. The molecule has 1 atom stereocenters. The van der Waals surface area contributed by atoms with Gasteiger partial charge in [0.2, 0.25) is 0 Å². The highest BCUT2D eigenvalue weighted by Crippen LogP contribution is 2.27. The van der Waals surface area contributed by atoms with Crippen molar-refractivity contribution in [2.75, 3.05) is 39.1 Å². The number of methoxy groups -OCH3 is 1. The van der Waals surface area contributed by atoms with Crippen LogP contribution in [-0.2, 0) is 6.54 Å². The third-order valence-electron chi connectivity index (χ3n) is 6.02. The fourth-order valence-corrected chi connectivity index (χ4v) is 4.26. The first kappa shape index (κ1) is 22.6. The van der Waals surface area contributed by atoms with Gasteiger partial charge in [-0.15, -0.1) is 0 Å². The van der Waals surface area contributed by atoms with E-state index >= 15 is 0 Å². The molecule has 1 unspecified atom stereocenters. The maximum Gasteiger partial charge on any atom is 0.320 e. The Morgan fingerprint density at radius 1 is 1.10 bits per heavy atom. The number of piperidine rings is 1. The van der Waals surface area contributed by atoms with Crippen LogP contribution in [0.1, 0.15) is 65.2 Å². The number of fused-ring (bicyclic) bond motifs is 1. The van der Waals surface area contributed by atoms with Gasteiger partial charge in [0.25, 0.3) is 6.01 Å². The first-order chi connectivity index (χ1) is 14.7. The van der Waals surface area contributed by atoms with E-state index in [-0.39, 0.29) is 0 Å². The normalized spacial score (nSPS) is 17.5. The summed E-state index contributed by atoms with van der Waals surface area (Å²) in [5.41, 5.74) is 7.38. The molecule has 0 aromatic carbocycles. The Bertz CT molecular complexity index is 794. The van der Waals surface area contributed by atoms with Crippen LogP contribution in [0.4, 0.5) is 5.82 Å². The molecule has 8 heteroatoms. The van der Waals surface area contributed by atoms with Crippen LogP contribution in [0, 0.1) is 5.92 Å². The van der Waals surface area contributed by atoms with Crippen molar-refractivity contribution >= 4 is 17.0 Å². The second-order valence-corrected chi connectivity index (χ2v) is 8.27. The number of unbranched alkanes of at least 4 members (excludes halogenated alkanes) is 3. The van der Waals surface area contributed by atoms with Gasteiger partial charge in [-0.05, 0) is 51.1 Å². The largest absolute Gasteiger partial charge is 0.468 e. The van der Waals surface area contributed by atoms with E-state index in [1.807, 2.05) is 4.57 Å². The highest BCUT2D eigenvalue weighted by molar-refractivity contribution is 5.83. The van der Waals surface area contributed by atoms with Gasteiger partial charge in [-0.3, -0.25) is 4.57 Å². The molecular formula is C22H38N6O2. The number of nitrogens with two attached hydrogens (primary N) is 1. The zero-order chi connectivity index (χ0) is 21.3. The van der Waals surface area contributed by atoms with Crippen LogP contribution in [0.15, 0.2) is 0 Å². The molecule has 1 aliphatic heterocycles. The van der Waals surface area contributed by atoms with Gasteiger partial charge in [0.15, 0.2) is 17.0 Å². The van der Waals surface area contributed by atoms with E-state index in [4.69, 9.17) is 15.2 Å². The van der Waals surface area contributed by atoms with E-state index in [0.29, 0.717) is 35.6 Å². The minimum absolute atomic E-state index is 0.315. The second-order valence-electron chi connectivity index (χ2n) is 8.27. The summed E-state index contributed by atoms with van der Waals surface area (Å²) in [6.45, 7) is 9.50. The van der Waals surface area contributed by atoms with Gasteiger partial charge in [0.05, 0.1) is 13.7 Å². The lowest BCUT2D eigenvalue weighted by Crippen LogP contribution is -2.35. The zero-order valence-corrected chi connectivity index (χ0v) is 18.9. The molecule has 0 saturated carbocycles. The number of imidazole rings is 1. The summed E-state index contributed by atoms with van der Waals surface area (Å²) in [5, 5.41) is 0. The quantitative estimate of drug-likeness (QED) is 0.523. The summed E-state index contributed by atoms with van der Waals surface area (Å²) in [4.78, 5) is 15.9. The predicted molar refractivity (Wildman–Crippen MR) is 120 cm³/mol. The summed E-state index contributed by atoms with van der Waals surface area (Å²) in [6.07, 6.45) is 9.58. The minimum Gasteiger partial charge on any atom is -0.468 e. The molecule has 2 aromatic rings. The fraction of sp³-hybridized carbons (Fsp3) is 0.773. The lowest BCUT2D eigenvalue weighted by Gasteiger charge is -2.31. The van der Waals surface area contributed by atoms with Crippen molar-refractivity contribution in [1.82, 2.24) is 24.4 Å². The van der Waals surface area contributed by atoms with Crippen LogP contribution in [0.25, 0.3) is 11.2 Å². The Kier molecular flexibility index (Phi) is 8.54. The van der Waals surface area contributed by atoms with Crippen LogP contribution in [0.3, 0.4) is 0 Å². The number of hydrogen-bond donors (Lipinski definition) is 1. The van der Waals surface area contributed by atoms with Crippen molar-refractivity contribution in [3.63, 3.8) is 0 Å². The number of anilines is 1. The van der Waals surface area contributed by atoms with Crippen LogP contribution < -0.4 is 15.2 Å². The maximum absolute atomic E-state index is 6.11. The summed E-state index contributed by atoms with van der Waals surface area (Å²) >= 11 is 0. The highest BCUT2D eigenvalue weighted by Gasteiger charge is 2.19. The summed E-state index contributed by atoms with van der Waals surface area (Å²) in [6, 6.07) is 0.845. The Labute approximate surface area is 180 Å². The Balaban J connectivity index is 1.57. The van der Waals surface area contributed by atoms with Crippen molar-refractivity contribution in [3.8, 4) is 12.0 Å². The number of rotatable bonds is 12. The molecule has 2 N–H and O–H groups in total. The molecule has 8 nitrogen and oxygen atoms in total. The summed E-state index contributed by atoms with van der Waals surface area (Å²) in [7, 11) is 1.63. The minimum atomic E-state index is 0.315. The Morgan fingerprint density at radius 2 is 1.97 bits per heavy atom. The topological polar surface area (TPSA) is 91.3 Å². The monoisotopic (exact) mass is 418 g/mol. The van der Waals surface area contributed by atoms with Gasteiger partial charge in [-0.1, -0.05) is 33.1 Å². The van der Waals surface area contributed by atoms with Gasteiger partial charge >= 0.3 is 6.01 Å². The number of nitrogen functional groups attached to an aromatic ring is 1. The number of aryl methyl sites for hydroxylation is 1. The first-order valence-corrected chi connectivity index (χ1v) is 11.6. The molecule has 2 aromatic heterocycles. The number of nitrogens with zero attached hydrogens (tertiary/aromatic N) is 5. The molecule has 3 rings (SSSR count). The van der Waals surface area contributed by atoms with Crippen molar-refractivity contribution in [2.45, 2.75) is 71.8 Å². The average Bonchev–Trinajstić information content (AvgIpc) is 3.12. The molecule has 0 bridgehead atoms. The van der Waals surface area contributed by atoms with E-state index in [9.17, 15) is 0 Å². The van der Waals surface area contributed by atoms with E-state index in [1.54, 1.807) is 7.11 Å². The van der Waals surface area contributed by atoms with Gasteiger partial charge in [0, 0.05) is 13.1 Å². The van der Waals surface area contributed by atoms with Crippen LogP contribution >= 0.6 is 0 Å². The molecule has 0 amide bonds. The molecule has 0 radical (unpaired) electrons. The van der Waals surface area contributed by atoms with Crippen molar-refractivity contribution in [2.24, 2.45) is 5.92 Å². The SMILES string of the molecule is CCCCOc1nc(N)c2nc(OC)n(CCCCCC3CCCN(CC)C3)c2n1. The molecule has 0 aliphatic carbocycles. The second kappa shape index (κ2) is 11.3. The molecule has 1 fully saturated rings.